The highest BCUT2D eigenvalue weighted by Gasteiger charge is 2.15. The lowest BCUT2D eigenvalue weighted by molar-refractivity contribution is 0.105. The molecule has 1 atom stereocenters. The van der Waals surface area contributed by atoms with Crippen molar-refractivity contribution in [3.05, 3.63) is 101 Å². The summed E-state index contributed by atoms with van der Waals surface area (Å²) in [6.45, 7) is 2.10. The van der Waals surface area contributed by atoms with Gasteiger partial charge in [0, 0.05) is 44.4 Å². The molecule has 3 aromatic carbocycles. The van der Waals surface area contributed by atoms with Crippen molar-refractivity contribution in [3.63, 3.8) is 0 Å². The molecule has 0 fully saturated rings. The van der Waals surface area contributed by atoms with Gasteiger partial charge in [0.1, 0.15) is 0 Å². The minimum absolute atomic E-state index is 0.548. The summed E-state index contributed by atoms with van der Waals surface area (Å²) in [6.07, 6.45) is -0.568. The number of hydrogen-bond donors (Lipinski definition) is 1. The molecule has 0 bridgehead atoms. The second-order valence-electron chi connectivity index (χ2n) is 7.28. The second kappa shape index (κ2) is 9.74. The van der Waals surface area contributed by atoms with E-state index < -0.39 is 6.10 Å². The molecule has 0 aromatic heterocycles. The third kappa shape index (κ3) is 5.83. The molecule has 3 aromatic rings. The molecule has 0 aliphatic rings. The van der Waals surface area contributed by atoms with Crippen molar-refractivity contribution in [1.29, 1.82) is 0 Å². The van der Waals surface area contributed by atoms with Crippen LogP contribution in [0.5, 0.6) is 0 Å². The van der Waals surface area contributed by atoms with Gasteiger partial charge in [-0.1, -0.05) is 66.2 Å². The van der Waals surface area contributed by atoms with E-state index in [2.05, 4.69) is 58.3 Å². The van der Waals surface area contributed by atoms with E-state index in [4.69, 9.17) is 11.6 Å². The fraction of sp³-hybridized carbons (Fsp3) is 0.250. The molecule has 3 nitrogen and oxygen atoms in total. The van der Waals surface area contributed by atoms with E-state index in [0.717, 1.165) is 18.7 Å². The van der Waals surface area contributed by atoms with Crippen molar-refractivity contribution >= 4 is 17.3 Å². The van der Waals surface area contributed by atoms with Gasteiger partial charge in [-0.3, -0.25) is 4.90 Å². The number of aliphatic hydroxyl groups excluding tert-OH is 1. The average Bonchev–Trinajstić information content (AvgIpc) is 2.69. The number of aliphatic hydroxyl groups is 1. The number of rotatable bonds is 8. The van der Waals surface area contributed by atoms with E-state index in [1.54, 1.807) is 0 Å². The summed E-state index contributed by atoms with van der Waals surface area (Å²) in [5.74, 6) is 0. The van der Waals surface area contributed by atoms with Crippen molar-refractivity contribution < 1.29 is 5.11 Å². The highest BCUT2D eigenvalue weighted by atomic mass is 35.5. The van der Waals surface area contributed by atoms with Gasteiger partial charge in [0.25, 0.3) is 0 Å². The van der Waals surface area contributed by atoms with Gasteiger partial charge in [-0.2, -0.15) is 0 Å². The van der Waals surface area contributed by atoms with Crippen LogP contribution < -0.4 is 4.90 Å². The molecule has 1 N–H and O–H groups in total. The Morgan fingerprint density at radius 3 is 1.93 bits per heavy atom. The topological polar surface area (TPSA) is 26.7 Å². The van der Waals surface area contributed by atoms with Crippen molar-refractivity contribution in [2.24, 2.45) is 0 Å². The highest BCUT2D eigenvalue weighted by molar-refractivity contribution is 6.30. The van der Waals surface area contributed by atoms with Crippen molar-refractivity contribution in [2.45, 2.75) is 19.2 Å². The van der Waals surface area contributed by atoms with Crippen molar-refractivity contribution in [3.8, 4) is 0 Å². The normalized spacial score (nSPS) is 12.2. The molecule has 0 heterocycles. The van der Waals surface area contributed by atoms with Gasteiger partial charge in [-0.05, 0) is 41.0 Å². The summed E-state index contributed by atoms with van der Waals surface area (Å²) in [5, 5.41) is 11.4. The highest BCUT2D eigenvalue weighted by Crippen LogP contribution is 2.21. The smallest absolute Gasteiger partial charge is 0.0917 e. The molecule has 0 spiro atoms. The van der Waals surface area contributed by atoms with E-state index in [0.29, 0.717) is 11.6 Å². The number of halogens is 1. The third-order valence-electron chi connectivity index (χ3n) is 4.79. The predicted molar refractivity (Wildman–Crippen MR) is 118 cm³/mol. The van der Waals surface area contributed by atoms with E-state index in [1.807, 2.05) is 44.4 Å². The first-order chi connectivity index (χ1) is 13.5. The first kappa shape index (κ1) is 20.4. The van der Waals surface area contributed by atoms with E-state index in [9.17, 15) is 5.11 Å². The quantitative estimate of drug-likeness (QED) is 0.572. The Kier molecular flexibility index (Phi) is 7.10. The van der Waals surface area contributed by atoms with Crippen LogP contribution in [0.1, 0.15) is 22.8 Å². The summed E-state index contributed by atoms with van der Waals surface area (Å²) in [6, 6.07) is 26.4. The maximum absolute atomic E-state index is 10.8. The zero-order valence-corrected chi connectivity index (χ0v) is 17.2. The van der Waals surface area contributed by atoms with Crippen LogP contribution in [0.3, 0.4) is 0 Å². The fourth-order valence-electron chi connectivity index (χ4n) is 3.22. The molecule has 4 heteroatoms. The first-order valence-corrected chi connectivity index (χ1v) is 9.85. The average molecular weight is 395 g/mol. The summed E-state index contributed by atoms with van der Waals surface area (Å²) in [5.41, 5.74) is 4.52. The van der Waals surface area contributed by atoms with Crippen molar-refractivity contribution in [2.75, 3.05) is 25.5 Å². The zero-order chi connectivity index (χ0) is 19.9. The molecular weight excluding hydrogens is 368 g/mol. The Labute approximate surface area is 172 Å². The van der Waals surface area contributed by atoms with Gasteiger partial charge < -0.3 is 10.0 Å². The molecule has 0 saturated carbocycles. The Hall–Kier alpha value is -2.33. The van der Waals surface area contributed by atoms with Crippen molar-refractivity contribution in [1.82, 2.24) is 4.90 Å². The Balaban J connectivity index is 1.75. The molecule has 0 aliphatic carbocycles. The number of benzene rings is 3. The lowest BCUT2D eigenvalue weighted by atomic mass is 10.1. The predicted octanol–water partition coefficient (Wildman–Crippen LogP) is 5.14. The largest absolute Gasteiger partial charge is 0.387 e. The van der Waals surface area contributed by atoms with Crippen LogP contribution in [0, 0.1) is 0 Å². The number of hydrogen-bond acceptors (Lipinski definition) is 3. The Morgan fingerprint density at radius 1 is 0.786 bits per heavy atom. The van der Waals surface area contributed by atoms with Gasteiger partial charge in [-0.15, -0.1) is 0 Å². The molecule has 146 valence electrons. The summed E-state index contributed by atoms with van der Waals surface area (Å²) >= 11 is 5.98. The van der Waals surface area contributed by atoms with Crippen LogP contribution >= 0.6 is 11.6 Å². The van der Waals surface area contributed by atoms with Gasteiger partial charge in [0.15, 0.2) is 0 Å². The zero-order valence-electron chi connectivity index (χ0n) is 16.4. The summed E-state index contributed by atoms with van der Waals surface area (Å²) < 4.78 is 0. The second-order valence-corrected chi connectivity index (χ2v) is 7.72. The molecular formula is C24H27ClN2O. The lowest BCUT2D eigenvalue weighted by Gasteiger charge is -2.26. The molecule has 3 rings (SSSR count). The van der Waals surface area contributed by atoms with Crippen LogP contribution in [0.15, 0.2) is 78.9 Å². The maximum Gasteiger partial charge on any atom is 0.0917 e. The van der Waals surface area contributed by atoms with Gasteiger partial charge in [0.05, 0.1) is 6.10 Å². The minimum atomic E-state index is -0.568. The van der Waals surface area contributed by atoms with Gasteiger partial charge in [0.2, 0.25) is 0 Å². The van der Waals surface area contributed by atoms with E-state index in [-0.39, 0.29) is 0 Å². The SMILES string of the molecule is CN(C)c1ccc(CN(Cc2ccccc2)CC(O)c2ccc(Cl)cc2)cc1. The molecule has 0 radical (unpaired) electrons. The monoisotopic (exact) mass is 394 g/mol. The van der Waals surface area contributed by atoms with Crippen LogP contribution in [0.25, 0.3) is 0 Å². The third-order valence-corrected chi connectivity index (χ3v) is 5.05. The standard InChI is InChI=1S/C24H27ClN2O/c1-26(2)23-14-8-20(9-15-23)17-27(16-19-6-4-3-5-7-19)18-24(28)21-10-12-22(25)13-11-21/h3-15,24,28H,16-18H2,1-2H3. The minimum Gasteiger partial charge on any atom is -0.387 e. The maximum atomic E-state index is 10.8. The Morgan fingerprint density at radius 2 is 1.36 bits per heavy atom. The molecule has 28 heavy (non-hydrogen) atoms. The van der Waals surface area contributed by atoms with E-state index >= 15 is 0 Å². The molecule has 0 aliphatic heterocycles. The van der Waals surface area contributed by atoms with Gasteiger partial charge in [-0.25, -0.2) is 0 Å². The molecule has 0 saturated heterocycles. The molecule has 0 amide bonds. The number of nitrogens with zero attached hydrogens (tertiary/aromatic N) is 2. The lowest BCUT2D eigenvalue weighted by Crippen LogP contribution is -2.28. The van der Waals surface area contributed by atoms with E-state index in [1.165, 1.54) is 16.8 Å². The summed E-state index contributed by atoms with van der Waals surface area (Å²) in [4.78, 5) is 4.37. The Bertz CT molecular complexity index is 848. The summed E-state index contributed by atoms with van der Waals surface area (Å²) in [7, 11) is 4.08. The van der Waals surface area contributed by atoms with Gasteiger partial charge >= 0.3 is 0 Å². The van der Waals surface area contributed by atoms with Crippen LogP contribution in [0.4, 0.5) is 5.69 Å². The van der Waals surface area contributed by atoms with Crippen LogP contribution in [-0.2, 0) is 13.1 Å². The van der Waals surface area contributed by atoms with Crippen LogP contribution in [0.2, 0.25) is 5.02 Å². The fourth-order valence-corrected chi connectivity index (χ4v) is 3.35. The number of anilines is 1. The molecule has 1 unspecified atom stereocenters. The van der Waals surface area contributed by atoms with Crippen LogP contribution in [-0.4, -0.2) is 30.6 Å². The first-order valence-electron chi connectivity index (χ1n) is 9.47.